The molecule has 1 amide bonds. The number of benzene rings is 1. The molecule has 1 aliphatic rings. The molecule has 8 heteroatoms. The minimum Gasteiger partial charge on any atom is -0.296 e. The topological polar surface area (TPSA) is 98.3 Å². The number of amides is 1. The predicted molar refractivity (Wildman–Crippen MR) is 82.0 cm³/mol. The van der Waals surface area contributed by atoms with Crippen LogP contribution in [0.5, 0.6) is 0 Å². The molecule has 22 heavy (non-hydrogen) atoms. The number of hydrogen-bond donors (Lipinski definition) is 1. The summed E-state index contributed by atoms with van der Waals surface area (Å²) in [6.07, 6.45) is 1.79. The van der Waals surface area contributed by atoms with E-state index >= 15 is 0 Å². The van der Waals surface area contributed by atoms with Crippen LogP contribution in [0, 0.1) is 5.92 Å². The largest absolute Gasteiger partial charge is 0.296 e. The van der Waals surface area contributed by atoms with Gasteiger partial charge in [-0.3, -0.25) is 9.69 Å². The molecule has 1 fully saturated rings. The second-order valence-corrected chi connectivity index (χ2v) is 7.00. The summed E-state index contributed by atoms with van der Waals surface area (Å²) >= 11 is 0. The fourth-order valence-corrected chi connectivity index (χ4v) is 3.59. The number of anilines is 1. The molecule has 0 spiro atoms. The summed E-state index contributed by atoms with van der Waals surface area (Å²) < 4.78 is 24.1. The quantitative estimate of drug-likeness (QED) is 0.887. The summed E-state index contributed by atoms with van der Waals surface area (Å²) in [5.41, 5.74) is 0.838. The maximum Gasteiger partial charge on any atom is 0.228 e. The van der Waals surface area contributed by atoms with Crippen molar-refractivity contribution in [3.63, 3.8) is 0 Å². The Morgan fingerprint density at radius 1 is 1.23 bits per heavy atom. The Balaban J connectivity index is 1.87. The van der Waals surface area contributed by atoms with Crippen molar-refractivity contribution in [3.05, 3.63) is 42.6 Å². The SMILES string of the molecule is NS(=O)(=O)CC1CC(=O)N(c2ccnn2-c2ccccc2)C1. The third-order valence-electron chi connectivity index (χ3n) is 3.57. The molecule has 1 aromatic carbocycles. The lowest BCUT2D eigenvalue weighted by atomic mass is 10.1. The second-order valence-electron chi connectivity index (χ2n) is 5.34. The lowest BCUT2D eigenvalue weighted by Crippen LogP contribution is -2.29. The van der Waals surface area contributed by atoms with Crippen molar-refractivity contribution in [2.24, 2.45) is 11.1 Å². The average Bonchev–Trinajstić information content (AvgIpc) is 3.04. The van der Waals surface area contributed by atoms with Crippen molar-refractivity contribution in [2.45, 2.75) is 6.42 Å². The van der Waals surface area contributed by atoms with Gasteiger partial charge in [0.05, 0.1) is 17.6 Å². The molecule has 0 bridgehead atoms. The minimum absolute atomic E-state index is 0.119. The monoisotopic (exact) mass is 320 g/mol. The van der Waals surface area contributed by atoms with Crippen molar-refractivity contribution < 1.29 is 13.2 Å². The number of sulfonamides is 1. The van der Waals surface area contributed by atoms with E-state index < -0.39 is 10.0 Å². The third-order valence-corrected chi connectivity index (χ3v) is 4.51. The molecule has 7 nitrogen and oxygen atoms in total. The molecule has 1 aromatic heterocycles. The van der Waals surface area contributed by atoms with E-state index in [1.165, 1.54) is 0 Å². The van der Waals surface area contributed by atoms with Gasteiger partial charge < -0.3 is 0 Å². The van der Waals surface area contributed by atoms with Crippen LogP contribution in [0.1, 0.15) is 6.42 Å². The first-order chi connectivity index (χ1) is 10.4. The smallest absolute Gasteiger partial charge is 0.228 e. The molecule has 0 radical (unpaired) electrons. The first-order valence-electron chi connectivity index (χ1n) is 6.84. The van der Waals surface area contributed by atoms with E-state index in [2.05, 4.69) is 5.10 Å². The van der Waals surface area contributed by atoms with E-state index in [1.807, 2.05) is 30.3 Å². The minimum atomic E-state index is -3.59. The molecule has 2 heterocycles. The van der Waals surface area contributed by atoms with Gasteiger partial charge in [-0.25, -0.2) is 18.2 Å². The lowest BCUT2D eigenvalue weighted by molar-refractivity contribution is -0.117. The van der Waals surface area contributed by atoms with Gasteiger partial charge in [0.25, 0.3) is 0 Å². The molecular weight excluding hydrogens is 304 g/mol. The molecule has 116 valence electrons. The fraction of sp³-hybridized carbons (Fsp3) is 0.286. The van der Waals surface area contributed by atoms with Gasteiger partial charge in [-0.05, 0) is 12.1 Å². The summed E-state index contributed by atoms with van der Waals surface area (Å²) in [6, 6.07) is 11.2. The van der Waals surface area contributed by atoms with Crippen molar-refractivity contribution >= 4 is 21.7 Å². The van der Waals surface area contributed by atoms with Gasteiger partial charge in [-0.2, -0.15) is 5.10 Å². The maximum absolute atomic E-state index is 12.2. The van der Waals surface area contributed by atoms with Gasteiger partial charge in [0.1, 0.15) is 5.82 Å². The third kappa shape index (κ3) is 3.02. The zero-order chi connectivity index (χ0) is 15.7. The summed E-state index contributed by atoms with van der Waals surface area (Å²) in [4.78, 5) is 13.8. The Hall–Kier alpha value is -2.19. The predicted octanol–water partition coefficient (Wildman–Crippen LogP) is 0.514. The van der Waals surface area contributed by atoms with E-state index in [4.69, 9.17) is 5.14 Å². The first-order valence-corrected chi connectivity index (χ1v) is 8.56. The Morgan fingerprint density at radius 3 is 2.64 bits per heavy atom. The number of rotatable bonds is 4. The van der Waals surface area contributed by atoms with Crippen LogP contribution in [0.25, 0.3) is 5.69 Å². The Kier molecular flexibility index (Phi) is 3.71. The molecule has 1 unspecified atom stereocenters. The highest BCUT2D eigenvalue weighted by molar-refractivity contribution is 7.89. The van der Waals surface area contributed by atoms with Crippen molar-refractivity contribution in [1.82, 2.24) is 9.78 Å². The average molecular weight is 320 g/mol. The number of aromatic nitrogens is 2. The fourth-order valence-electron chi connectivity index (χ4n) is 2.71. The number of nitrogens with two attached hydrogens (primary N) is 1. The molecule has 0 aliphatic carbocycles. The Morgan fingerprint density at radius 2 is 1.95 bits per heavy atom. The number of hydrogen-bond acceptors (Lipinski definition) is 4. The van der Waals surface area contributed by atoms with Crippen LogP contribution >= 0.6 is 0 Å². The zero-order valence-electron chi connectivity index (χ0n) is 11.8. The van der Waals surface area contributed by atoms with E-state index in [9.17, 15) is 13.2 Å². The van der Waals surface area contributed by atoms with E-state index in [1.54, 1.807) is 21.8 Å². The maximum atomic E-state index is 12.2. The standard InChI is InChI=1S/C14H16N4O3S/c15-22(20,21)10-11-8-14(19)17(9-11)13-6-7-16-18(13)12-4-2-1-3-5-12/h1-7,11H,8-10H2,(H2,15,20,21). The van der Waals surface area contributed by atoms with Crippen LogP contribution < -0.4 is 10.0 Å². The number of carbonyl (C=O) groups is 1. The molecule has 1 saturated heterocycles. The molecule has 1 aliphatic heterocycles. The molecular formula is C14H16N4O3S. The van der Waals surface area contributed by atoms with Gasteiger partial charge in [0.2, 0.25) is 15.9 Å². The number of para-hydroxylation sites is 1. The molecule has 2 aromatic rings. The van der Waals surface area contributed by atoms with Crippen LogP contribution in [0.3, 0.4) is 0 Å². The van der Waals surface area contributed by atoms with E-state index in [0.717, 1.165) is 5.69 Å². The van der Waals surface area contributed by atoms with Crippen LogP contribution in [0.15, 0.2) is 42.6 Å². The summed E-state index contributed by atoms with van der Waals surface area (Å²) in [5, 5.41) is 9.32. The van der Waals surface area contributed by atoms with Crippen LogP contribution in [-0.2, 0) is 14.8 Å². The van der Waals surface area contributed by atoms with Crippen molar-refractivity contribution in [3.8, 4) is 5.69 Å². The van der Waals surface area contributed by atoms with Crippen LogP contribution in [0.2, 0.25) is 0 Å². The Labute approximate surface area is 128 Å². The van der Waals surface area contributed by atoms with Gasteiger partial charge in [0, 0.05) is 24.9 Å². The van der Waals surface area contributed by atoms with Gasteiger partial charge >= 0.3 is 0 Å². The summed E-state index contributed by atoms with van der Waals surface area (Å²) in [5.74, 6) is 0.0374. The highest BCUT2D eigenvalue weighted by Gasteiger charge is 2.34. The number of carbonyl (C=O) groups excluding carboxylic acids is 1. The first kappa shape index (κ1) is 14.7. The molecule has 0 saturated carbocycles. The summed E-state index contributed by atoms with van der Waals surface area (Å²) in [7, 11) is -3.59. The van der Waals surface area contributed by atoms with Gasteiger partial charge in [-0.1, -0.05) is 18.2 Å². The summed E-state index contributed by atoms with van der Waals surface area (Å²) in [6.45, 7) is 0.327. The van der Waals surface area contributed by atoms with Crippen molar-refractivity contribution in [2.75, 3.05) is 17.2 Å². The lowest BCUT2D eigenvalue weighted by Gasteiger charge is -2.18. The normalized spacial score (nSPS) is 18.9. The van der Waals surface area contributed by atoms with Crippen molar-refractivity contribution in [1.29, 1.82) is 0 Å². The second kappa shape index (κ2) is 5.54. The highest BCUT2D eigenvalue weighted by atomic mass is 32.2. The van der Waals surface area contributed by atoms with Gasteiger partial charge in [0.15, 0.2) is 0 Å². The number of nitrogens with zero attached hydrogens (tertiary/aromatic N) is 3. The van der Waals surface area contributed by atoms with E-state index in [-0.39, 0.29) is 24.0 Å². The Bertz CT molecular complexity index is 785. The molecule has 2 N–H and O–H groups in total. The highest BCUT2D eigenvalue weighted by Crippen LogP contribution is 2.27. The van der Waals surface area contributed by atoms with Crippen LogP contribution in [0.4, 0.5) is 5.82 Å². The molecule has 1 atom stereocenters. The van der Waals surface area contributed by atoms with Crippen LogP contribution in [-0.4, -0.2) is 36.4 Å². The van der Waals surface area contributed by atoms with E-state index in [0.29, 0.717) is 12.4 Å². The molecule has 3 rings (SSSR count). The van der Waals surface area contributed by atoms with Gasteiger partial charge in [-0.15, -0.1) is 0 Å². The number of primary sulfonamides is 1. The zero-order valence-corrected chi connectivity index (χ0v) is 12.6.